The maximum atomic E-state index is 14.4. The molecule has 1 unspecified atom stereocenters. The van der Waals surface area contributed by atoms with Crippen molar-refractivity contribution in [1.82, 2.24) is 4.90 Å². The average molecular weight is 448 g/mol. The van der Waals surface area contributed by atoms with Crippen molar-refractivity contribution in [2.45, 2.75) is 31.5 Å². The number of rotatable bonds is 8. The van der Waals surface area contributed by atoms with Gasteiger partial charge in [0, 0.05) is 19.2 Å². The number of ether oxygens (including phenoxy) is 2. The van der Waals surface area contributed by atoms with E-state index in [1.165, 1.54) is 48.3 Å². The number of nitrogens with zero attached hydrogens (tertiary/aromatic N) is 2. The number of hydrogen-bond acceptors (Lipinski definition) is 6. The SMILES string of the molecule is CN1C(=O)C(c2ccc(OC(F)F)c(CN)c2)(c2ccc(F)c(OCC3CC3)c2)N=C1N. The summed E-state index contributed by atoms with van der Waals surface area (Å²) >= 11 is 0. The minimum Gasteiger partial charge on any atom is -0.490 e. The highest BCUT2D eigenvalue weighted by Crippen LogP contribution is 2.42. The van der Waals surface area contributed by atoms with Crippen LogP contribution < -0.4 is 20.9 Å². The highest BCUT2D eigenvalue weighted by molar-refractivity contribution is 6.09. The Kier molecular flexibility index (Phi) is 5.72. The number of benzene rings is 2. The molecule has 7 nitrogen and oxygen atoms in total. The van der Waals surface area contributed by atoms with Gasteiger partial charge in [0.15, 0.2) is 23.1 Å². The number of halogens is 3. The zero-order chi connectivity index (χ0) is 23.0. The molecule has 1 aliphatic carbocycles. The van der Waals surface area contributed by atoms with Crippen molar-refractivity contribution in [3.63, 3.8) is 0 Å². The van der Waals surface area contributed by atoms with Crippen molar-refractivity contribution in [1.29, 1.82) is 0 Å². The van der Waals surface area contributed by atoms with Gasteiger partial charge in [-0.25, -0.2) is 9.38 Å². The van der Waals surface area contributed by atoms with Crippen molar-refractivity contribution in [3.05, 3.63) is 58.9 Å². The van der Waals surface area contributed by atoms with Gasteiger partial charge in [-0.2, -0.15) is 8.78 Å². The van der Waals surface area contributed by atoms with Crippen LogP contribution in [0.2, 0.25) is 0 Å². The fourth-order valence-corrected chi connectivity index (χ4v) is 3.69. The van der Waals surface area contributed by atoms with Gasteiger partial charge >= 0.3 is 6.61 Å². The molecule has 0 bridgehead atoms. The second kappa shape index (κ2) is 8.34. The van der Waals surface area contributed by atoms with Crippen molar-refractivity contribution >= 4 is 11.9 Å². The third-order valence-corrected chi connectivity index (χ3v) is 5.67. The molecule has 2 aromatic rings. The van der Waals surface area contributed by atoms with E-state index in [0.717, 1.165) is 12.8 Å². The van der Waals surface area contributed by atoms with E-state index in [0.29, 0.717) is 23.7 Å². The lowest BCUT2D eigenvalue weighted by molar-refractivity contribution is -0.129. The number of aliphatic imine (C=N–C) groups is 1. The summed E-state index contributed by atoms with van der Waals surface area (Å²) in [6.07, 6.45) is 2.06. The van der Waals surface area contributed by atoms with E-state index in [1.54, 1.807) is 0 Å². The number of alkyl halides is 2. The molecule has 0 radical (unpaired) electrons. The number of hydrogen-bond donors (Lipinski definition) is 2. The first-order valence-corrected chi connectivity index (χ1v) is 10.1. The first-order valence-electron chi connectivity index (χ1n) is 10.1. The predicted molar refractivity (Wildman–Crippen MR) is 111 cm³/mol. The quantitative estimate of drug-likeness (QED) is 0.647. The minimum absolute atomic E-state index is 0.00148. The van der Waals surface area contributed by atoms with Gasteiger partial charge in [0.1, 0.15) is 5.75 Å². The molecule has 1 heterocycles. The molecule has 2 aromatic carbocycles. The van der Waals surface area contributed by atoms with Crippen LogP contribution >= 0.6 is 0 Å². The van der Waals surface area contributed by atoms with Crippen molar-refractivity contribution < 1.29 is 27.4 Å². The molecule has 0 saturated heterocycles. The molecule has 32 heavy (non-hydrogen) atoms. The van der Waals surface area contributed by atoms with Crippen molar-refractivity contribution in [2.24, 2.45) is 22.4 Å². The summed E-state index contributed by atoms with van der Waals surface area (Å²) in [5.74, 6) is -0.799. The molecule has 1 fully saturated rings. The molecule has 4 N–H and O–H groups in total. The van der Waals surface area contributed by atoms with Crippen LogP contribution in [0.25, 0.3) is 0 Å². The van der Waals surface area contributed by atoms with Gasteiger partial charge in [0.25, 0.3) is 5.91 Å². The zero-order valence-electron chi connectivity index (χ0n) is 17.4. The molecular weight excluding hydrogens is 425 g/mol. The van der Waals surface area contributed by atoms with Crippen LogP contribution in [-0.2, 0) is 16.9 Å². The Hall–Kier alpha value is -3.27. The van der Waals surface area contributed by atoms with E-state index in [2.05, 4.69) is 9.73 Å². The zero-order valence-corrected chi connectivity index (χ0v) is 17.4. The van der Waals surface area contributed by atoms with E-state index in [9.17, 15) is 18.0 Å². The second-order valence-electron chi connectivity index (χ2n) is 7.85. The van der Waals surface area contributed by atoms with E-state index < -0.39 is 23.9 Å². The summed E-state index contributed by atoms with van der Waals surface area (Å²) in [6, 6.07) is 8.28. The number of likely N-dealkylation sites (N-methyl/N-ethyl adjacent to an activating group) is 1. The van der Waals surface area contributed by atoms with Crippen LogP contribution in [0.1, 0.15) is 29.5 Å². The summed E-state index contributed by atoms with van der Waals surface area (Å²) in [4.78, 5) is 19.0. The fourth-order valence-electron chi connectivity index (χ4n) is 3.69. The molecule has 1 saturated carbocycles. The standard InChI is InChI=1S/C22H23F3N4O3/c1-29-19(30)22(28-21(29)27,14-5-7-17(32-20(24)25)13(8-14)10-26)15-4-6-16(23)18(9-15)31-11-12-2-3-12/h4-9,12,20H,2-3,10-11,26H2,1H3,(H2,27,28). The van der Waals surface area contributed by atoms with E-state index in [-0.39, 0.29) is 29.6 Å². The van der Waals surface area contributed by atoms with Crippen LogP contribution in [0.5, 0.6) is 11.5 Å². The molecule has 170 valence electrons. The fraction of sp³-hybridized carbons (Fsp3) is 0.364. The monoisotopic (exact) mass is 448 g/mol. The number of amides is 1. The van der Waals surface area contributed by atoms with Gasteiger partial charge in [-0.3, -0.25) is 9.69 Å². The Morgan fingerprint density at radius 1 is 1.19 bits per heavy atom. The molecule has 4 rings (SSSR count). The first kappa shape index (κ1) is 21.9. The van der Waals surface area contributed by atoms with Crippen LogP contribution in [0, 0.1) is 11.7 Å². The second-order valence-corrected chi connectivity index (χ2v) is 7.85. The van der Waals surface area contributed by atoms with Crippen LogP contribution in [0.3, 0.4) is 0 Å². The van der Waals surface area contributed by atoms with Crippen LogP contribution in [-0.4, -0.2) is 37.0 Å². The normalized spacial score (nSPS) is 20.6. The molecule has 0 spiro atoms. The lowest BCUT2D eigenvalue weighted by atomic mass is 9.82. The highest BCUT2D eigenvalue weighted by Gasteiger charge is 2.50. The van der Waals surface area contributed by atoms with Crippen LogP contribution in [0.15, 0.2) is 41.4 Å². The average Bonchev–Trinajstić information content (AvgIpc) is 3.57. The van der Waals surface area contributed by atoms with E-state index in [4.69, 9.17) is 16.2 Å². The maximum absolute atomic E-state index is 14.4. The number of carbonyl (C=O) groups excluding carboxylic acids is 1. The molecule has 10 heteroatoms. The lowest BCUT2D eigenvalue weighted by Gasteiger charge is -2.27. The molecular formula is C22H23F3N4O3. The lowest BCUT2D eigenvalue weighted by Crippen LogP contribution is -2.41. The third-order valence-electron chi connectivity index (χ3n) is 5.67. The van der Waals surface area contributed by atoms with Gasteiger partial charge < -0.3 is 20.9 Å². The van der Waals surface area contributed by atoms with Gasteiger partial charge in [0.05, 0.1) is 6.61 Å². The summed E-state index contributed by atoms with van der Waals surface area (Å²) in [6.45, 7) is -2.77. The highest BCUT2D eigenvalue weighted by atomic mass is 19.3. The van der Waals surface area contributed by atoms with E-state index >= 15 is 0 Å². The predicted octanol–water partition coefficient (Wildman–Crippen LogP) is 2.70. The van der Waals surface area contributed by atoms with Crippen molar-refractivity contribution in [3.8, 4) is 11.5 Å². The third kappa shape index (κ3) is 3.86. The number of carbonyl (C=O) groups is 1. The van der Waals surface area contributed by atoms with Gasteiger partial charge in [-0.1, -0.05) is 12.1 Å². The van der Waals surface area contributed by atoms with Crippen molar-refractivity contribution in [2.75, 3.05) is 13.7 Å². The molecule has 1 amide bonds. The van der Waals surface area contributed by atoms with E-state index in [1.807, 2.05) is 0 Å². The van der Waals surface area contributed by atoms with Gasteiger partial charge in [0.2, 0.25) is 0 Å². The van der Waals surface area contributed by atoms with Crippen LogP contribution in [0.4, 0.5) is 13.2 Å². The molecule has 1 atom stereocenters. The Morgan fingerprint density at radius 3 is 2.47 bits per heavy atom. The van der Waals surface area contributed by atoms with Gasteiger partial charge in [-0.05, 0) is 54.2 Å². The minimum atomic E-state index is -3.03. The topological polar surface area (TPSA) is 103 Å². The summed E-state index contributed by atoms with van der Waals surface area (Å²) in [5, 5.41) is 0. The summed E-state index contributed by atoms with van der Waals surface area (Å²) < 4.78 is 50.1. The summed E-state index contributed by atoms with van der Waals surface area (Å²) in [7, 11) is 1.47. The molecule has 1 aliphatic heterocycles. The molecule has 2 aliphatic rings. The molecule has 0 aromatic heterocycles. The van der Waals surface area contributed by atoms with Gasteiger partial charge in [-0.15, -0.1) is 0 Å². The Balaban J connectivity index is 1.83. The first-order chi connectivity index (χ1) is 15.3. The number of nitrogens with two attached hydrogens (primary N) is 2. The summed E-state index contributed by atoms with van der Waals surface area (Å²) in [5.41, 5.74) is 11.0. The Bertz CT molecular complexity index is 1070. The maximum Gasteiger partial charge on any atom is 0.387 e. The Morgan fingerprint density at radius 2 is 1.88 bits per heavy atom. The largest absolute Gasteiger partial charge is 0.490 e. The Labute approximate surface area is 182 Å². The number of guanidine groups is 1. The smallest absolute Gasteiger partial charge is 0.387 e.